The van der Waals surface area contributed by atoms with Gasteiger partial charge in [0.2, 0.25) is 0 Å². The molecule has 6 aromatic rings. The fraction of sp³-hybridized carbons (Fsp3) is 0.308. The monoisotopic (exact) mass is 670 g/mol. The second-order valence-electron chi connectivity index (χ2n) is 18.5. The first-order chi connectivity index (χ1) is 25.3. The van der Waals surface area contributed by atoms with E-state index in [1.54, 1.807) is 16.7 Å². The average Bonchev–Trinajstić information content (AvgIpc) is 3.69. The molecule has 0 unspecified atom stereocenters. The summed E-state index contributed by atoms with van der Waals surface area (Å²) in [5.41, 5.74) is 23.4. The highest BCUT2D eigenvalue weighted by Crippen LogP contribution is 2.71. The van der Waals surface area contributed by atoms with Crippen molar-refractivity contribution in [3.05, 3.63) is 155 Å². The molecule has 6 aromatic carbocycles. The molecule has 0 amide bonds. The molecular weight excluding hydrogens is 625 g/mol. The number of rotatable bonds is 2. The summed E-state index contributed by atoms with van der Waals surface area (Å²) >= 11 is 0. The van der Waals surface area contributed by atoms with Crippen LogP contribution in [0.2, 0.25) is 0 Å². The van der Waals surface area contributed by atoms with Crippen LogP contribution in [0.25, 0.3) is 55.6 Å². The van der Waals surface area contributed by atoms with Gasteiger partial charge in [0.05, 0.1) is 0 Å². The second-order valence-corrected chi connectivity index (χ2v) is 18.5. The van der Waals surface area contributed by atoms with Crippen molar-refractivity contribution in [2.75, 3.05) is 0 Å². The highest BCUT2D eigenvalue weighted by atomic mass is 14.7. The Morgan fingerprint density at radius 1 is 0.365 bits per heavy atom. The van der Waals surface area contributed by atoms with E-state index in [1.807, 2.05) is 0 Å². The predicted molar refractivity (Wildman–Crippen MR) is 216 cm³/mol. The van der Waals surface area contributed by atoms with Crippen molar-refractivity contribution in [1.29, 1.82) is 0 Å². The minimum atomic E-state index is -0.0979. The van der Waals surface area contributed by atoms with Crippen molar-refractivity contribution in [3.8, 4) is 55.6 Å². The normalized spacial score (nSPS) is 26.8. The molecule has 52 heavy (non-hydrogen) atoms. The molecule has 0 heteroatoms. The first-order valence-corrected chi connectivity index (χ1v) is 20.0. The maximum absolute atomic E-state index is 2.62. The fourth-order valence-corrected chi connectivity index (χ4v) is 13.7. The lowest BCUT2D eigenvalue weighted by Crippen LogP contribution is -2.55. The Hall–Kier alpha value is -4.68. The molecule has 0 aromatic heterocycles. The van der Waals surface area contributed by atoms with Crippen molar-refractivity contribution in [3.63, 3.8) is 0 Å². The molecule has 0 saturated heterocycles. The van der Waals surface area contributed by atoms with Gasteiger partial charge in [0.15, 0.2) is 0 Å². The topological polar surface area (TPSA) is 0 Å². The van der Waals surface area contributed by atoms with E-state index >= 15 is 0 Å². The van der Waals surface area contributed by atoms with Crippen LogP contribution in [-0.2, 0) is 16.2 Å². The lowest BCUT2D eigenvalue weighted by molar-refractivity contribution is -0.0399. The first-order valence-electron chi connectivity index (χ1n) is 20.0. The lowest BCUT2D eigenvalue weighted by Gasteiger charge is -2.61. The molecule has 0 radical (unpaired) electrons. The van der Waals surface area contributed by atoms with Crippen LogP contribution in [0.1, 0.15) is 93.2 Å². The van der Waals surface area contributed by atoms with Crippen molar-refractivity contribution < 1.29 is 0 Å². The zero-order chi connectivity index (χ0) is 34.7. The molecule has 0 atom stereocenters. The second kappa shape index (κ2) is 9.84. The maximum Gasteiger partial charge on any atom is 0.0272 e. The van der Waals surface area contributed by atoms with Crippen LogP contribution in [0, 0.1) is 23.7 Å². The molecule has 0 heterocycles. The van der Waals surface area contributed by atoms with Gasteiger partial charge >= 0.3 is 0 Å². The van der Waals surface area contributed by atoms with E-state index in [9.17, 15) is 0 Å². The van der Waals surface area contributed by atoms with Crippen LogP contribution < -0.4 is 0 Å². The van der Waals surface area contributed by atoms with Gasteiger partial charge in [-0.05, 0) is 145 Å². The smallest absolute Gasteiger partial charge is 0.0272 e. The molecule has 4 bridgehead atoms. The van der Waals surface area contributed by atoms with Gasteiger partial charge in [0.25, 0.3) is 0 Å². The molecule has 7 aliphatic carbocycles. The van der Waals surface area contributed by atoms with Gasteiger partial charge in [0, 0.05) is 16.2 Å². The van der Waals surface area contributed by atoms with Crippen molar-refractivity contribution >= 4 is 0 Å². The summed E-state index contributed by atoms with van der Waals surface area (Å²) in [6.07, 6.45) is 7.20. The van der Waals surface area contributed by atoms with E-state index < -0.39 is 0 Å². The first kappa shape index (κ1) is 29.9. The van der Waals surface area contributed by atoms with Gasteiger partial charge in [-0.2, -0.15) is 0 Å². The Bertz CT molecular complexity index is 2490. The van der Waals surface area contributed by atoms with Crippen LogP contribution in [-0.4, -0.2) is 0 Å². The van der Waals surface area contributed by atoms with E-state index in [2.05, 4.69) is 149 Å². The summed E-state index contributed by atoms with van der Waals surface area (Å²) in [7, 11) is 0. The van der Waals surface area contributed by atoms with Crippen LogP contribution in [0.3, 0.4) is 0 Å². The molecule has 7 aliphatic rings. The summed E-state index contributed by atoms with van der Waals surface area (Å²) in [6.45, 7) is 9.70. The molecule has 4 fully saturated rings. The third-order valence-corrected chi connectivity index (χ3v) is 15.5. The van der Waals surface area contributed by atoms with E-state index in [4.69, 9.17) is 0 Å². The Kier molecular flexibility index (Phi) is 5.65. The molecular formula is C52H46. The minimum absolute atomic E-state index is 0.00348. The molecule has 13 rings (SSSR count). The molecule has 0 aliphatic heterocycles. The quantitative estimate of drug-likeness (QED) is 0.172. The third kappa shape index (κ3) is 3.46. The fourth-order valence-electron chi connectivity index (χ4n) is 13.7. The average molecular weight is 671 g/mol. The SMILES string of the molecule is CC1(C)c2ccccc2-c2c(-c3ccc(-c4cccc5c4C(C)(C)c4ccc6c(c4-5)-c4ccccc4C64C5CC6CC(C5)CC4C6)cc3)cccc21. The summed E-state index contributed by atoms with van der Waals surface area (Å²) in [5, 5.41) is 0. The number of hydrogen-bond acceptors (Lipinski definition) is 0. The maximum atomic E-state index is 2.62. The van der Waals surface area contributed by atoms with Crippen LogP contribution in [0.5, 0.6) is 0 Å². The van der Waals surface area contributed by atoms with Crippen LogP contribution in [0.15, 0.2) is 121 Å². The highest BCUT2D eigenvalue weighted by Gasteiger charge is 2.62. The molecule has 254 valence electrons. The van der Waals surface area contributed by atoms with E-state index in [1.165, 1.54) is 104 Å². The van der Waals surface area contributed by atoms with Gasteiger partial charge < -0.3 is 0 Å². The van der Waals surface area contributed by atoms with E-state index in [-0.39, 0.29) is 16.2 Å². The lowest BCUT2D eigenvalue weighted by atomic mass is 9.43. The summed E-state index contributed by atoms with van der Waals surface area (Å²) in [4.78, 5) is 0. The number of benzene rings is 6. The van der Waals surface area contributed by atoms with Gasteiger partial charge in [-0.25, -0.2) is 0 Å². The summed E-state index contributed by atoms with van der Waals surface area (Å²) in [5.74, 6) is 3.48. The van der Waals surface area contributed by atoms with Gasteiger partial charge in [-0.15, -0.1) is 0 Å². The highest BCUT2D eigenvalue weighted by molar-refractivity contribution is 6.01. The Balaban J connectivity index is 1.01. The van der Waals surface area contributed by atoms with Gasteiger partial charge in [-0.3, -0.25) is 0 Å². The largest absolute Gasteiger partial charge is 0.0619 e. The Labute approximate surface area is 309 Å². The Morgan fingerprint density at radius 2 is 0.846 bits per heavy atom. The number of hydrogen-bond donors (Lipinski definition) is 0. The van der Waals surface area contributed by atoms with Gasteiger partial charge in [-0.1, -0.05) is 149 Å². The summed E-state index contributed by atoms with van der Waals surface area (Å²) in [6, 6.07) is 47.4. The summed E-state index contributed by atoms with van der Waals surface area (Å²) < 4.78 is 0. The standard InChI is InChI=1S/C52H46/c1-50(2)41-16-7-5-11-38(41)46-36(13-10-18-43(46)50)32-19-21-33(22-20-32)37-14-9-15-40-48-44(51(3,4)49(37)40)23-24-45-47(48)39-12-6-8-17-42(39)52(45)34-26-30-25-31(28-34)29-35(52)27-30/h5-24,30-31,34-35H,25-29H2,1-4H3. The third-order valence-electron chi connectivity index (χ3n) is 15.5. The Morgan fingerprint density at radius 3 is 1.56 bits per heavy atom. The van der Waals surface area contributed by atoms with Crippen LogP contribution in [0.4, 0.5) is 0 Å². The predicted octanol–water partition coefficient (Wildman–Crippen LogP) is 13.4. The number of fused-ring (bicyclic) bond motifs is 10. The van der Waals surface area contributed by atoms with E-state index in [0.29, 0.717) is 0 Å². The molecule has 0 N–H and O–H groups in total. The van der Waals surface area contributed by atoms with Crippen molar-refractivity contribution in [1.82, 2.24) is 0 Å². The van der Waals surface area contributed by atoms with Crippen molar-refractivity contribution in [2.45, 2.75) is 76.0 Å². The van der Waals surface area contributed by atoms with E-state index in [0.717, 1.165) is 23.7 Å². The zero-order valence-electron chi connectivity index (χ0n) is 30.9. The zero-order valence-corrected chi connectivity index (χ0v) is 30.9. The van der Waals surface area contributed by atoms with Crippen LogP contribution >= 0.6 is 0 Å². The van der Waals surface area contributed by atoms with Gasteiger partial charge in [0.1, 0.15) is 0 Å². The minimum Gasteiger partial charge on any atom is -0.0619 e. The molecule has 0 nitrogen and oxygen atoms in total. The molecule has 4 saturated carbocycles. The van der Waals surface area contributed by atoms with Crippen molar-refractivity contribution in [2.24, 2.45) is 23.7 Å². The molecule has 1 spiro atoms.